The summed E-state index contributed by atoms with van der Waals surface area (Å²) in [5, 5.41) is 17.6. The zero-order chi connectivity index (χ0) is 33.0. The molecule has 46 heavy (non-hydrogen) atoms. The minimum atomic E-state index is -0.939. The highest BCUT2D eigenvalue weighted by Gasteiger charge is 2.31. The largest absolute Gasteiger partial charge is 0.493 e. The number of ether oxygens (including phenoxy) is 1. The van der Waals surface area contributed by atoms with Crippen molar-refractivity contribution in [1.82, 2.24) is 20.1 Å². The normalized spacial score (nSPS) is 14.3. The molecule has 10 nitrogen and oxygen atoms in total. The number of carboxylic acids is 1. The molecule has 11 heteroatoms. The number of halogens is 1. The summed E-state index contributed by atoms with van der Waals surface area (Å²) in [4.78, 5) is 34.0. The molecule has 1 aliphatic rings. The van der Waals surface area contributed by atoms with E-state index in [4.69, 9.17) is 14.1 Å². The van der Waals surface area contributed by atoms with Crippen molar-refractivity contribution in [3.8, 4) is 16.9 Å². The number of benzene rings is 2. The van der Waals surface area contributed by atoms with Crippen molar-refractivity contribution in [3.05, 3.63) is 88.6 Å². The molecule has 3 heterocycles. The van der Waals surface area contributed by atoms with Gasteiger partial charge in [-0.3, -0.25) is 14.6 Å². The van der Waals surface area contributed by atoms with Crippen LogP contribution in [0.5, 0.6) is 5.75 Å². The lowest BCUT2D eigenvalue weighted by Crippen LogP contribution is -2.38. The molecule has 0 spiro atoms. The number of pyridine rings is 1. The second-order valence-corrected chi connectivity index (χ2v) is 12.6. The fourth-order valence-electron chi connectivity index (χ4n) is 5.75. The van der Waals surface area contributed by atoms with Crippen molar-refractivity contribution >= 4 is 17.6 Å². The summed E-state index contributed by atoms with van der Waals surface area (Å²) in [5.74, 6) is -0.803. The molecule has 0 unspecified atom stereocenters. The molecule has 4 aromatic rings. The third-order valence-electron chi connectivity index (χ3n) is 8.47. The van der Waals surface area contributed by atoms with Crippen molar-refractivity contribution in [3.63, 3.8) is 0 Å². The van der Waals surface area contributed by atoms with E-state index in [0.29, 0.717) is 41.6 Å². The Morgan fingerprint density at radius 2 is 1.72 bits per heavy atom. The summed E-state index contributed by atoms with van der Waals surface area (Å²) in [5.41, 5.74) is 5.49. The van der Waals surface area contributed by atoms with Crippen molar-refractivity contribution in [2.45, 2.75) is 59.9 Å². The number of aliphatic carboxylic acids is 1. The number of hydrogen-bond acceptors (Lipinski definition) is 8. The predicted octanol–water partition coefficient (Wildman–Crippen LogP) is 6.03. The van der Waals surface area contributed by atoms with E-state index in [1.807, 2.05) is 31.2 Å². The third kappa shape index (κ3) is 7.70. The second-order valence-electron chi connectivity index (χ2n) is 12.6. The summed E-state index contributed by atoms with van der Waals surface area (Å²) >= 11 is 0. The van der Waals surface area contributed by atoms with Crippen molar-refractivity contribution in [2.24, 2.45) is 5.41 Å². The smallest absolute Gasteiger partial charge is 0.311 e. The van der Waals surface area contributed by atoms with E-state index in [-0.39, 0.29) is 30.1 Å². The molecule has 2 aromatic carbocycles. The Labute approximate surface area is 268 Å². The van der Waals surface area contributed by atoms with Crippen molar-refractivity contribution < 1.29 is 28.2 Å². The molecule has 0 aliphatic carbocycles. The minimum Gasteiger partial charge on any atom is -0.493 e. The van der Waals surface area contributed by atoms with Gasteiger partial charge in [0.1, 0.15) is 11.6 Å². The molecule has 0 radical (unpaired) electrons. The van der Waals surface area contributed by atoms with Crippen LogP contribution >= 0.6 is 0 Å². The lowest BCUT2D eigenvalue weighted by atomic mass is 9.82. The van der Waals surface area contributed by atoms with Gasteiger partial charge in [-0.2, -0.15) is 0 Å². The summed E-state index contributed by atoms with van der Waals surface area (Å²) < 4.78 is 24.6. The van der Waals surface area contributed by atoms with Gasteiger partial charge in [0, 0.05) is 50.3 Å². The Bertz CT molecular complexity index is 1690. The van der Waals surface area contributed by atoms with Crippen LogP contribution in [0.25, 0.3) is 11.1 Å². The molecule has 242 valence electrons. The number of amides is 1. The maximum absolute atomic E-state index is 13.3. The summed E-state index contributed by atoms with van der Waals surface area (Å²) in [6, 6.07) is 14.0. The van der Waals surface area contributed by atoms with Crippen LogP contribution in [0.1, 0.15) is 65.8 Å². The van der Waals surface area contributed by atoms with Crippen molar-refractivity contribution in [2.75, 3.05) is 31.6 Å². The maximum atomic E-state index is 13.3. The van der Waals surface area contributed by atoms with Gasteiger partial charge in [0.05, 0.1) is 31.0 Å². The zero-order valence-corrected chi connectivity index (χ0v) is 27.0. The average Bonchev–Trinajstić information content (AvgIpc) is 3.45. The van der Waals surface area contributed by atoms with Crippen LogP contribution in [0, 0.1) is 25.1 Å². The SMILES string of the molecule is Cc1nnc(C(=O)N(C)Cc2nc(C)c(CC(=O)O)c(N3CCC(C)(C)CC3)c2-c2ccc(OCCc3ccc(F)cc3)cc2)o1. The number of aryl methyl sites for hydroxylation is 2. The van der Waals surface area contributed by atoms with Gasteiger partial charge >= 0.3 is 17.8 Å². The number of piperidine rings is 1. The first-order valence-electron chi connectivity index (χ1n) is 15.4. The number of carbonyl (C=O) groups is 2. The molecule has 1 N–H and O–H groups in total. The molecular formula is C35H40FN5O5. The number of hydrogen-bond donors (Lipinski definition) is 1. The van der Waals surface area contributed by atoms with E-state index >= 15 is 0 Å². The minimum absolute atomic E-state index is 0.110. The number of carbonyl (C=O) groups excluding carboxylic acids is 1. The highest BCUT2D eigenvalue weighted by atomic mass is 19.1. The first kappa shape index (κ1) is 32.6. The Balaban J connectivity index is 1.52. The fraction of sp³-hybridized carbons (Fsp3) is 0.400. The van der Waals surface area contributed by atoms with E-state index < -0.39 is 11.9 Å². The number of anilines is 1. The molecule has 1 amide bonds. The van der Waals surface area contributed by atoms with Gasteiger partial charge < -0.3 is 24.1 Å². The Hall–Kier alpha value is -4.80. The molecule has 0 atom stereocenters. The molecule has 1 saturated heterocycles. The van der Waals surface area contributed by atoms with Gasteiger partial charge in [-0.25, -0.2) is 4.39 Å². The number of nitrogens with zero attached hydrogens (tertiary/aromatic N) is 5. The van der Waals surface area contributed by atoms with Crippen LogP contribution in [0.4, 0.5) is 10.1 Å². The average molecular weight is 630 g/mol. The number of rotatable bonds is 11. The summed E-state index contributed by atoms with van der Waals surface area (Å²) in [7, 11) is 1.65. The summed E-state index contributed by atoms with van der Waals surface area (Å²) in [6.07, 6.45) is 2.35. The second kappa shape index (κ2) is 13.7. The van der Waals surface area contributed by atoms with E-state index in [1.54, 1.807) is 26.1 Å². The van der Waals surface area contributed by atoms with Crippen LogP contribution in [0.3, 0.4) is 0 Å². The Kier molecular flexibility index (Phi) is 9.69. The molecule has 0 saturated carbocycles. The van der Waals surface area contributed by atoms with Crippen molar-refractivity contribution in [1.29, 1.82) is 0 Å². The number of aromatic nitrogens is 3. The lowest BCUT2D eigenvalue weighted by molar-refractivity contribution is -0.136. The lowest BCUT2D eigenvalue weighted by Gasteiger charge is -2.40. The van der Waals surface area contributed by atoms with E-state index in [2.05, 4.69) is 28.9 Å². The molecule has 1 aliphatic heterocycles. The first-order chi connectivity index (χ1) is 21.9. The van der Waals surface area contributed by atoms with Gasteiger partial charge in [0.15, 0.2) is 0 Å². The van der Waals surface area contributed by atoms with Crippen LogP contribution in [0.2, 0.25) is 0 Å². The standard InChI is InChI=1S/C35H40FN5O5/c1-22-28(20-30(42)43)32(41-17-15-35(3,4)16-18-41)31(29(37-22)21-40(5)34(44)33-39-38-23(2)46-33)25-8-12-27(13-9-25)45-19-14-24-6-10-26(36)11-7-24/h6-13H,14-21H2,1-5H3,(H,42,43). The molecule has 5 rings (SSSR count). The highest BCUT2D eigenvalue weighted by molar-refractivity contribution is 5.90. The zero-order valence-electron chi connectivity index (χ0n) is 27.0. The summed E-state index contributed by atoms with van der Waals surface area (Å²) in [6.45, 7) is 10.0. The van der Waals surface area contributed by atoms with E-state index in [0.717, 1.165) is 48.3 Å². The molecular weight excluding hydrogens is 589 g/mol. The molecule has 0 bridgehead atoms. The molecule has 2 aromatic heterocycles. The Morgan fingerprint density at radius 1 is 1.04 bits per heavy atom. The van der Waals surface area contributed by atoms with Crippen LogP contribution in [-0.4, -0.2) is 63.8 Å². The van der Waals surface area contributed by atoms with Crippen LogP contribution in [-0.2, 0) is 24.2 Å². The number of carboxylic acid groups (broad SMARTS) is 1. The quantitative estimate of drug-likeness (QED) is 0.212. The van der Waals surface area contributed by atoms with Crippen LogP contribution < -0.4 is 9.64 Å². The van der Waals surface area contributed by atoms with Gasteiger partial charge in [0.2, 0.25) is 5.89 Å². The van der Waals surface area contributed by atoms with Gasteiger partial charge in [0.25, 0.3) is 0 Å². The maximum Gasteiger partial charge on any atom is 0.311 e. The highest BCUT2D eigenvalue weighted by Crippen LogP contribution is 2.42. The molecule has 1 fully saturated rings. The van der Waals surface area contributed by atoms with Crippen LogP contribution in [0.15, 0.2) is 52.9 Å². The van der Waals surface area contributed by atoms with Gasteiger partial charge in [-0.1, -0.05) is 38.1 Å². The first-order valence-corrected chi connectivity index (χ1v) is 15.4. The van der Waals surface area contributed by atoms with Gasteiger partial charge in [-0.15, -0.1) is 10.2 Å². The van der Waals surface area contributed by atoms with E-state index in [9.17, 15) is 19.1 Å². The third-order valence-corrected chi connectivity index (χ3v) is 8.47. The monoisotopic (exact) mass is 629 g/mol. The van der Waals surface area contributed by atoms with Gasteiger partial charge in [-0.05, 0) is 60.6 Å². The topological polar surface area (TPSA) is 122 Å². The Morgan fingerprint density at radius 3 is 2.33 bits per heavy atom. The van der Waals surface area contributed by atoms with E-state index in [1.165, 1.54) is 17.0 Å². The predicted molar refractivity (Wildman–Crippen MR) is 171 cm³/mol. The fourth-order valence-corrected chi connectivity index (χ4v) is 5.75.